The molecule has 0 amide bonds. The molecule has 2 aliphatic rings. The molecule has 12 heteroatoms. The van der Waals surface area contributed by atoms with E-state index in [1.54, 1.807) is 0 Å². The molecule has 418 valence electrons. The minimum atomic E-state index is 0. The maximum Gasteiger partial charge on any atom is 0.169 e. The zero-order chi connectivity index (χ0) is 52.3. The number of pyridine rings is 4. The Morgan fingerprint density at radius 2 is 0.537 bits per heavy atom. The van der Waals surface area contributed by atoms with Crippen LogP contribution in [0.2, 0.25) is 0 Å². The Morgan fingerprint density at radius 3 is 0.812 bits per heavy atom. The average molecular weight is 1330 g/mol. The summed E-state index contributed by atoms with van der Waals surface area (Å²) in [4.78, 5) is 19.1. The van der Waals surface area contributed by atoms with E-state index in [4.69, 9.17) is 9.97 Å². The first-order valence-corrected chi connectivity index (χ1v) is 28.1. The van der Waals surface area contributed by atoms with Gasteiger partial charge in [-0.25, -0.2) is 28.2 Å². The van der Waals surface area contributed by atoms with E-state index in [9.17, 15) is 0 Å². The maximum atomic E-state index is 5.59. The van der Waals surface area contributed by atoms with E-state index in [1.165, 1.54) is 51.4 Å². The molecule has 0 saturated carbocycles. The van der Waals surface area contributed by atoms with Crippen LogP contribution in [0.25, 0.3) is 90.9 Å². The van der Waals surface area contributed by atoms with Crippen molar-refractivity contribution in [1.29, 1.82) is 0 Å². The summed E-state index contributed by atoms with van der Waals surface area (Å²) < 4.78 is 9.20. The largest absolute Gasteiger partial charge is 1.00 e. The first-order chi connectivity index (χ1) is 37.5. The molecule has 8 nitrogen and oxygen atoms in total. The van der Waals surface area contributed by atoms with Crippen LogP contribution in [0.1, 0.15) is 126 Å². The molecule has 7 aromatic heterocycles. The van der Waals surface area contributed by atoms with E-state index in [2.05, 4.69) is 201 Å². The molecule has 0 atom stereocenters. The topological polar surface area (TPSA) is 72.9 Å². The maximum absolute atomic E-state index is 5.59. The molecule has 0 saturated heterocycles. The number of nitrogens with one attached hydrogen (secondary N) is 2. The van der Waals surface area contributed by atoms with Crippen molar-refractivity contribution in [3.05, 3.63) is 196 Å². The van der Waals surface area contributed by atoms with Gasteiger partial charge in [-0.3, -0.25) is 0 Å². The number of aromatic amines is 2. The SMILES string of the molecule is C=CCCCCC[n+]1ccc(-c2c3nc(c(-c4cc[n+](CCCCCC=C)cc4)c4ccc([nH]4)c(-c4cc[n+](CCCCCC=C)cc4)c4ccc([nH]4)c(-c4cc[n+](CCCCCC=C)cc4)c4nc2C=C4)C=C3)cc1.[Br-].[Br-].[Br-].[Br-]. The number of allylic oxidation sites excluding steroid dienone is 4. The quantitative estimate of drug-likeness (QED) is 0.0449. The lowest BCUT2D eigenvalue weighted by atomic mass is 10.0. The van der Waals surface area contributed by atoms with E-state index < -0.39 is 0 Å². The number of hydrogen-bond acceptors (Lipinski definition) is 2. The Morgan fingerprint density at radius 1 is 0.300 bits per heavy atom. The normalized spacial score (nSPS) is 11.2. The molecule has 0 aliphatic carbocycles. The first kappa shape index (κ1) is 64.9. The van der Waals surface area contributed by atoms with E-state index >= 15 is 0 Å². The van der Waals surface area contributed by atoms with Gasteiger partial charge in [-0.05, 0) is 148 Å². The van der Waals surface area contributed by atoms with Crippen molar-refractivity contribution in [2.45, 2.75) is 129 Å². The summed E-state index contributed by atoms with van der Waals surface area (Å²) in [5, 5.41) is 0. The van der Waals surface area contributed by atoms with Gasteiger partial charge in [-0.2, -0.15) is 0 Å². The van der Waals surface area contributed by atoms with Gasteiger partial charge >= 0.3 is 0 Å². The fourth-order valence-corrected chi connectivity index (χ4v) is 10.6. The van der Waals surface area contributed by atoms with Crippen molar-refractivity contribution in [1.82, 2.24) is 19.9 Å². The van der Waals surface area contributed by atoms with Gasteiger partial charge < -0.3 is 77.9 Å². The van der Waals surface area contributed by atoms with E-state index in [0.29, 0.717) is 0 Å². The van der Waals surface area contributed by atoms with Gasteiger partial charge in [-0.15, -0.1) is 26.3 Å². The summed E-state index contributed by atoms with van der Waals surface area (Å²) in [6.07, 6.45) is 52.7. The number of nitrogens with zero attached hydrogens (tertiary/aromatic N) is 6. The molecule has 0 spiro atoms. The van der Waals surface area contributed by atoms with Crippen LogP contribution < -0.4 is 86.2 Å². The lowest BCUT2D eigenvalue weighted by Gasteiger charge is -2.07. The number of aromatic nitrogens is 8. The fourth-order valence-electron chi connectivity index (χ4n) is 10.6. The highest BCUT2D eigenvalue weighted by atomic mass is 79.9. The zero-order valence-corrected chi connectivity index (χ0v) is 52.7. The highest BCUT2D eigenvalue weighted by molar-refractivity contribution is 6.00. The van der Waals surface area contributed by atoms with Crippen molar-refractivity contribution < 1.29 is 86.2 Å². The number of rotatable bonds is 28. The number of halogens is 4. The summed E-state index contributed by atoms with van der Waals surface area (Å²) in [5.41, 5.74) is 16.2. The van der Waals surface area contributed by atoms with Gasteiger partial charge in [0.2, 0.25) is 0 Å². The molecular weight excluding hydrogens is 1250 g/mol. The standard InChI is InChI=1S/C68H77N8.4BrH/c1-5-9-13-17-21-41-73-45-33-53(34-46-73)65-57-25-27-59(69-57)66(54-35-47-74(48-36-54)42-22-18-14-10-6-2)61-29-31-63(71-61)68(56-39-51-76(52-40-56)44-24-20-16-12-8-4)64-32-30-62(72-64)67(60-28-26-58(65)70-60)55-37-49-75(50-38-55)43-23-19-15-11-7-3;;;;/h5-8,25-40,45-52H,1-4,9-24,41-44H2,(H,69,70,71,72);4*1H/q+3;;;;/p-3. The van der Waals surface area contributed by atoms with E-state index in [0.717, 1.165) is 167 Å². The van der Waals surface area contributed by atoms with E-state index in [1.807, 2.05) is 24.3 Å². The Labute approximate surface area is 517 Å². The summed E-state index contributed by atoms with van der Waals surface area (Å²) in [6.45, 7) is 19.5. The van der Waals surface area contributed by atoms with Crippen LogP contribution in [0, 0.1) is 0 Å². The van der Waals surface area contributed by atoms with Crippen molar-refractivity contribution in [3.63, 3.8) is 0 Å². The van der Waals surface area contributed by atoms with Crippen molar-refractivity contribution in [2.24, 2.45) is 0 Å². The van der Waals surface area contributed by atoms with Crippen LogP contribution in [-0.4, -0.2) is 19.9 Å². The van der Waals surface area contributed by atoms with Gasteiger partial charge in [0.25, 0.3) is 0 Å². The second-order valence-electron chi connectivity index (χ2n) is 20.4. The summed E-state index contributed by atoms with van der Waals surface area (Å²) in [7, 11) is 0. The molecule has 9 rings (SSSR count). The Balaban J connectivity index is 0.00000294. The van der Waals surface area contributed by atoms with Gasteiger partial charge in [0, 0.05) is 119 Å². The van der Waals surface area contributed by atoms with E-state index in [-0.39, 0.29) is 67.9 Å². The lowest BCUT2D eigenvalue weighted by molar-refractivity contribution is -0.697. The van der Waals surface area contributed by atoms with Gasteiger partial charge in [-0.1, -0.05) is 24.3 Å². The molecule has 0 aromatic carbocycles. The number of aryl methyl sites for hydroxylation is 4. The van der Waals surface area contributed by atoms with Crippen LogP contribution in [0.4, 0.5) is 0 Å². The van der Waals surface area contributed by atoms with Crippen LogP contribution in [-0.2, 0) is 26.2 Å². The zero-order valence-electron chi connectivity index (χ0n) is 46.3. The Kier molecular flexibility index (Phi) is 27.4. The first-order valence-electron chi connectivity index (χ1n) is 28.1. The highest BCUT2D eigenvalue weighted by Crippen LogP contribution is 2.38. The molecule has 0 radical (unpaired) electrons. The van der Waals surface area contributed by atoms with Crippen LogP contribution >= 0.6 is 0 Å². The average Bonchev–Trinajstić information content (AvgIpc) is 4.33. The van der Waals surface area contributed by atoms with Crippen molar-refractivity contribution >= 4 is 46.4 Å². The predicted octanol–water partition coefficient (Wildman–Crippen LogP) is 3.48. The smallest absolute Gasteiger partial charge is 0.169 e. The lowest BCUT2D eigenvalue weighted by Crippen LogP contribution is -3.00. The predicted molar refractivity (Wildman–Crippen MR) is 316 cm³/mol. The molecular formula is C68H78Br4N8. The second-order valence-corrected chi connectivity index (χ2v) is 20.4. The molecule has 0 fully saturated rings. The number of unbranched alkanes of at least 4 members (excludes halogenated alkanes) is 12. The van der Waals surface area contributed by atoms with Gasteiger partial charge in [0.15, 0.2) is 49.6 Å². The molecule has 2 N–H and O–H groups in total. The van der Waals surface area contributed by atoms with Crippen molar-refractivity contribution in [2.75, 3.05) is 0 Å². The van der Waals surface area contributed by atoms with Crippen LogP contribution in [0.5, 0.6) is 0 Å². The molecule has 80 heavy (non-hydrogen) atoms. The van der Waals surface area contributed by atoms with Crippen LogP contribution in [0.15, 0.2) is 173 Å². The number of fused-ring (bicyclic) bond motifs is 8. The summed E-state index contributed by atoms with van der Waals surface area (Å²) in [6, 6.07) is 26.9. The second kappa shape index (κ2) is 33.7. The minimum Gasteiger partial charge on any atom is -1.00 e. The minimum absolute atomic E-state index is 0. The monoisotopic (exact) mass is 1320 g/mol. The molecule has 2 aliphatic heterocycles. The van der Waals surface area contributed by atoms with Crippen LogP contribution in [0.3, 0.4) is 0 Å². The summed E-state index contributed by atoms with van der Waals surface area (Å²) in [5.74, 6) is 0. The van der Waals surface area contributed by atoms with Crippen molar-refractivity contribution in [3.8, 4) is 44.5 Å². The number of hydrogen-bond donors (Lipinski definition) is 2. The molecule has 8 bridgehead atoms. The Hall–Kier alpha value is -5.92. The highest BCUT2D eigenvalue weighted by Gasteiger charge is 2.21. The third-order valence-corrected chi connectivity index (χ3v) is 14.8. The summed E-state index contributed by atoms with van der Waals surface area (Å²) >= 11 is 0. The number of H-pyrrole nitrogens is 2. The van der Waals surface area contributed by atoms with Gasteiger partial charge in [0.1, 0.15) is 26.2 Å². The fraction of sp³-hybridized carbons (Fsp3) is 0.294. The third kappa shape index (κ3) is 17.1. The third-order valence-electron chi connectivity index (χ3n) is 14.8. The molecule has 7 aromatic rings. The molecule has 0 unspecified atom stereocenters. The molecule has 9 heterocycles. The Bertz CT molecular complexity index is 3180. The van der Waals surface area contributed by atoms with Gasteiger partial charge in [0.05, 0.1) is 22.8 Å².